The Morgan fingerprint density at radius 3 is 2.00 bits per heavy atom. The lowest BCUT2D eigenvalue weighted by Crippen LogP contribution is -2.02. The highest BCUT2D eigenvalue weighted by Crippen LogP contribution is 2.23. The molecule has 0 radical (unpaired) electrons. The molecule has 1 atom stereocenters. The lowest BCUT2D eigenvalue weighted by Gasteiger charge is -2.14. The van der Waals surface area contributed by atoms with E-state index in [-0.39, 0.29) is 0 Å². The maximum absolute atomic E-state index is 3.63. The SMILES string of the molecule is BrC[C@H](CCc1ccccc1)c1ccccc1. The van der Waals surface area contributed by atoms with Crippen molar-refractivity contribution < 1.29 is 0 Å². The molecule has 0 spiro atoms. The van der Waals surface area contributed by atoms with Crippen molar-refractivity contribution in [3.8, 4) is 0 Å². The van der Waals surface area contributed by atoms with Crippen LogP contribution < -0.4 is 0 Å². The van der Waals surface area contributed by atoms with Gasteiger partial charge in [-0.1, -0.05) is 76.6 Å². The Labute approximate surface area is 112 Å². The number of aryl methyl sites for hydroxylation is 1. The number of rotatable bonds is 5. The number of hydrogen-bond donors (Lipinski definition) is 0. The Bertz CT molecular complexity index is 422. The van der Waals surface area contributed by atoms with Crippen LogP contribution in [0.3, 0.4) is 0 Å². The first kappa shape index (κ1) is 12.4. The van der Waals surface area contributed by atoms with Crippen LogP contribution in [0, 0.1) is 0 Å². The molecule has 88 valence electrons. The first-order chi connectivity index (χ1) is 8.40. The van der Waals surface area contributed by atoms with Gasteiger partial charge in [0.05, 0.1) is 0 Å². The third kappa shape index (κ3) is 3.71. The van der Waals surface area contributed by atoms with Gasteiger partial charge < -0.3 is 0 Å². The van der Waals surface area contributed by atoms with E-state index in [0.717, 1.165) is 11.8 Å². The summed E-state index contributed by atoms with van der Waals surface area (Å²) < 4.78 is 0. The van der Waals surface area contributed by atoms with Crippen LogP contribution in [-0.4, -0.2) is 5.33 Å². The zero-order valence-corrected chi connectivity index (χ0v) is 11.4. The van der Waals surface area contributed by atoms with E-state index in [2.05, 4.69) is 76.6 Å². The highest BCUT2D eigenvalue weighted by molar-refractivity contribution is 9.09. The molecule has 0 bridgehead atoms. The van der Waals surface area contributed by atoms with Gasteiger partial charge in [-0.2, -0.15) is 0 Å². The molecule has 0 heterocycles. The number of benzene rings is 2. The number of hydrogen-bond acceptors (Lipinski definition) is 0. The highest BCUT2D eigenvalue weighted by atomic mass is 79.9. The van der Waals surface area contributed by atoms with Gasteiger partial charge in [-0.25, -0.2) is 0 Å². The van der Waals surface area contributed by atoms with E-state index in [0.29, 0.717) is 5.92 Å². The minimum absolute atomic E-state index is 0.608. The molecule has 0 nitrogen and oxygen atoms in total. The Morgan fingerprint density at radius 2 is 1.41 bits per heavy atom. The zero-order chi connectivity index (χ0) is 11.9. The van der Waals surface area contributed by atoms with Crippen LogP contribution in [0.2, 0.25) is 0 Å². The minimum atomic E-state index is 0.608. The summed E-state index contributed by atoms with van der Waals surface area (Å²) in [6.45, 7) is 0. The minimum Gasteiger partial charge on any atom is -0.0921 e. The molecule has 0 unspecified atom stereocenters. The first-order valence-electron chi connectivity index (χ1n) is 6.05. The van der Waals surface area contributed by atoms with Gasteiger partial charge in [0, 0.05) is 5.33 Å². The smallest absolute Gasteiger partial charge is 0.0100 e. The normalized spacial score (nSPS) is 12.3. The average molecular weight is 289 g/mol. The van der Waals surface area contributed by atoms with E-state index in [1.54, 1.807) is 0 Å². The summed E-state index contributed by atoms with van der Waals surface area (Å²) in [5, 5.41) is 1.03. The standard InChI is InChI=1S/C16H17Br/c17-13-16(15-9-5-2-6-10-15)12-11-14-7-3-1-4-8-14/h1-10,16H,11-13H2/t16-/m0/s1. The molecule has 1 heteroatoms. The summed E-state index contributed by atoms with van der Waals surface area (Å²) in [5.74, 6) is 0.608. The summed E-state index contributed by atoms with van der Waals surface area (Å²) in [6, 6.07) is 21.5. The van der Waals surface area contributed by atoms with Crippen molar-refractivity contribution in [2.75, 3.05) is 5.33 Å². The van der Waals surface area contributed by atoms with Crippen molar-refractivity contribution in [1.82, 2.24) is 0 Å². The molecule has 2 aromatic carbocycles. The van der Waals surface area contributed by atoms with E-state index in [1.807, 2.05) is 0 Å². The molecule has 0 aromatic heterocycles. The van der Waals surface area contributed by atoms with Crippen molar-refractivity contribution >= 4 is 15.9 Å². The Morgan fingerprint density at radius 1 is 0.824 bits per heavy atom. The summed E-state index contributed by atoms with van der Waals surface area (Å²) in [7, 11) is 0. The lowest BCUT2D eigenvalue weighted by molar-refractivity contribution is 0.692. The van der Waals surface area contributed by atoms with Crippen LogP contribution in [0.4, 0.5) is 0 Å². The van der Waals surface area contributed by atoms with E-state index in [9.17, 15) is 0 Å². The second kappa shape index (κ2) is 6.61. The van der Waals surface area contributed by atoms with Crippen LogP contribution in [-0.2, 0) is 6.42 Å². The van der Waals surface area contributed by atoms with Crippen molar-refractivity contribution in [3.05, 3.63) is 71.8 Å². The molecule has 0 N–H and O–H groups in total. The molecule has 0 saturated heterocycles. The average Bonchev–Trinajstić information content (AvgIpc) is 2.42. The van der Waals surface area contributed by atoms with Gasteiger partial charge in [0.15, 0.2) is 0 Å². The second-order valence-corrected chi connectivity index (χ2v) is 4.93. The lowest BCUT2D eigenvalue weighted by atomic mass is 9.94. The zero-order valence-electron chi connectivity index (χ0n) is 9.85. The number of alkyl halides is 1. The fraction of sp³-hybridized carbons (Fsp3) is 0.250. The van der Waals surface area contributed by atoms with Gasteiger partial charge >= 0.3 is 0 Å². The van der Waals surface area contributed by atoms with Gasteiger partial charge in [0.2, 0.25) is 0 Å². The number of halogens is 1. The van der Waals surface area contributed by atoms with Crippen molar-refractivity contribution in [2.45, 2.75) is 18.8 Å². The summed E-state index contributed by atoms with van der Waals surface area (Å²) >= 11 is 3.63. The highest BCUT2D eigenvalue weighted by Gasteiger charge is 2.09. The van der Waals surface area contributed by atoms with Gasteiger partial charge in [0.1, 0.15) is 0 Å². The molecule has 2 rings (SSSR count). The first-order valence-corrected chi connectivity index (χ1v) is 7.17. The van der Waals surface area contributed by atoms with E-state index in [4.69, 9.17) is 0 Å². The molecular formula is C16H17Br. The fourth-order valence-electron chi connectivity index (χ4n) is 2.04. The molecular weight excluding hydrogens is 272 g/mol. The molecule has 0 aliphatic carbocycles. The molecule has 0 amide bonds. The Kier molecular flexibility index (Phi) is 4.81. The van der Waals surface area contributed by atoms with Crippen molar-refractivity contribution in [3.63, 3.8) is 0 Å². The Hall–Kier alpha value is -1.08. The van der Waals surface area contributed by atoms with Crippen LogP contribution in [0.25, 0.3) is 0 Å². The van der Waals surface area contributed by atoms with Crippen molar-refractivity contribution in [2.24, 2.45) is 0 Å². The van der Waals surface area contributed by atoms with Crippen LogP contribution in [0.15, 0.2) is 60.7 Å². The van der Waals surface area contributed by atoms with Gasteiger partial charge in [-0.3, -0.25) is 0 Å². The molecule has 0 aliphatic rings. The van der Waals surface area contributed by atoms with E-state index < -0.39 is 0 Å². The van der Waals surface area contributed by atoms with Crippen molar-refractivity contribution in [1.29, 1.82) is 0 Å². The molecule has 0 saturated carbocycles. The van der Waals surface area contributed by atoms with Gasteiger partial charge in [-0.15, -0.1) is 0 Å². The maximum Gasteiger partial charge on any atom is 0.0100 e. The topological polar surface area (TPSA) is 0 Å². The monoisotopic (exact) mass is 288 g/mol. The maximum atomic E-state index is 3.63. The largest absolute Gasteiger partial charge is 0.0921 e. The summed E-state index contributed by atoms with van der Waals surface area (Å²) in [6.07, 6.45) is 2.34. The van der Waals surface area contributed by atoms with Crippen LogP contribution in [0.1, 0.15) is 23.5 Å². The quantitative estimate of drug-likeness (QED) is 0.694. The molecule has 0 aliphatic heterocycles. The molecule has 0 fully saturated rings. The molecule has 2 aromatic rings. The summed E-state index contributed by atoms with van der Waals surface area (Å²) in [5.41, 5.74) is 2.86. The van der Waals surface area contributed by atoms with Gasteiger partial charge in [0.25, 0.3) is 0 Å². The predicted octanol–water partition coefficient (Wildman–Crippen LogP) is 4.80. The third-order valence-corrected chi connectivity index (χ3v) is 3.86. The van der Waals surface area contributed by atoms with Crippen LogP contribution >= 0.6 is 15.9 Å². The fourth-order valence-corrected chi connectivity index (χ4v) is 2.74. The molecule has 17 heavy (non-hydrogen) atoms. The van der Waals surface area contributed by atoms with E-state index >= 15 is 0 Å². The summed E-state index contributed by atoms with van der Waals surface area (Å²) in [4.78, 5) is 0. The predicted molar refractivity (Wildman–Crippen MR) is 77.7 cm³/mol. The van der Waals surface area contributed by atoms with E-state index in [1.165, 1.54) is 17.5 Å². The second-order valence-electron chi connectivity index (χ2n) is 4.29. The van der Waals surface area contributed by atoms with Gasteiger partial charge in [-0.05, 0) is 29.9 Å². The third-order valence-electron chi connectivity index (χ3n) is 3.08. The van der Waals surface area contributed by atoms with Crippen LogP contribution in [0.5, 0.6) is 0 Å². The Balaban J connectivity index is 1.97.